The van der Waals surface area contributed by atoms with Gasteiger partial charge in [0, 0.05) is 19.0 Å². The smallest absolute Gasteiger partial charge is 0.106 e. The van der Waals surface area contributed by atoms with Crippen LogP contribution in [0, 0.1) is 6.92 Å². The fourth-order valence-corrected chi connectivity index (χ4v) is 3.07. The highest BCUT2D eigenvalue weighted by Crippen LogP contribution is 2.34. The minimum absolute atomic E-state index is 0.661. The number of halogens is 3. The van der Waals surface area contributed by atoms with E-state index in [4.69, 9.17) is 0 Å². The van der Waals surface area contributed by atoms with Crippen LogP contribution in [0.4, 0.5) is 0 Å². The Morgan fingerprint density at radius 3 is 2.11 bits per heavy atom. The molecule has 4 heteroatoms. The zero-order valence-electron chi connectivity index (χ0n) is 9.62. The number of hydrogen-bond donors (Lipinski definition) is 1. The van der Waals surface area contributed by atoms with Gasteiger partial charge >= 0.3 is 0 Å². The quantitative estimate of drug-likeness (QED) is 0.674. The first kappa shape index (κ1) is 14.3. The number of hydrogen-bond acceptors (Lipinski definition) is 1. The molecule has 2 aromatic rings. The molecular weight excluding hydrogens is 424 g/mol. The fraction of sp³-hybridized carbons (Fsp3) is 0.143. The summed E-state index contributed by atoms with van der Waals surface area (Å²) in [7, 11) is 0. The van der Waals surface area contributed by atoms with Crippen molar-refractivity contribution in [3.8, 4) is 0 Å². The molecule has 0 saturated heterocycles. The van der Waals surface area contributed by atoms with Gasteiger partial charge in [0.25, 0.3) is 0 Å². The molecule has 0 aliphatic heterocycles. The van der Waals surface area contributed by atoms with Crippen molar-refractivity contribution in [2.75, 3.05) is 0 Å². The summed E-state index contributed by atoms with van der Waals surface area (Å²) in [4.78, 5) is 0. The van der Waals surface area contributed by atoms with Crippen LogP contribution in [0.3, 0.4) is 0 Å². The van der Waals surface area contributed by atoms with Crippen molar-refractivity contribution < 1.29 is 5.11 Å². The second-order valence-electron chi connectivity index (χ2n) is 4.09. The molecule has 0 amide bonds. The molecule has 0 spiro atoms. The number of rotatable bonds is 2. The van der Waals surface area contributed by atoms with E-state index < -0.39 is 6.10 Å². The molecule has 0 heterocycles. The van der Waals surface area contributed by atoms with E-state index in [1.54, 1.807) is 0 Å². The van der Waals surface area contributed by atoms with E-state index in [0.29, 0.717) is 0 Å². The van der Waals surface area contributed by atoms with E-state index in [1.807, 2.05) is 43.3 Å². The lowest BCUT2D eigenvalue weighted by molar-refractivity contribution is 0.218. The van der Waals surface area contributed by atoms with Crippen LogP contribution >= 0.6 is 47.8 Å². The summed E-state index contributed by atoms with van der Waals surface area (Å²) < 4.78 is 2.75. The second-order valence-corrected chi connectivity index (χ2v) is 6.72. The summed E-state index contributed by atoms with van der Waals surface area (Å²) in [5, 5.41) is 10.5. The van der Waals surface area contributed by atoms with Gasteiger partial charge in [0.15, 0.2) is 0 Å². The summed E-state index contributed by atoms with van der Waals surface area (Å²) >= 11 is 10.4. The Bertz CT molecular complexity index is 530. The van der Waals surface area contributed by atoms with Crippen molar-refractivity contribution in [3.63, 3.8) is 0 Å². The van der Waals surface area contributed by atoms with Gasteiger partial charge in [-0.15, -0.1) is 0 Å². The van der Waals surface area contributed by atoms with E-state index in [1.165, 1.54) is 0 Å². The monoisotopic (exact) mass is 432 g/mol. The van der Waals surface area contributed by atoms with E-state index >= 15 is 0 Å². The molecule has 1 unspecified atom stereocenters. The lowest BCUT2D eigenvalue weighted by Gasteiger charge is -2.16. The van der Waals surface area contributed by atoms with E-state index in [9.17, 15) is 5.11 Å². The summed E-state index contributed by atoms with van der Waals surface area (Å²) in [6.07, 6.45) is -0.661. The van der Waals surface area contributed by atoms with Crippen molar-refractivity contribution in [2.45, 2.75) is 13.0 Å². The number of aliphatic hydroxyl groups excluding tert-OH is 1. The van der Waals surface area contributed by atoms with Crippen LogP contribution in [0.2, 0.25) is 0 Å². The maximum atomic E-state index is 10.5. The molecule has 0 saturated carbocycles. The van der Waals surface area contributed by atoms with Gasteiger partial charge in [-0.1, -0.05) is 65.5 Å². The number of aliphatic hydroxyl groups is 1. The molecular formula is C14H11Br3O. The van der Waals surface area contributed by atoms with Crippen LogP contribution < -0.4 is 0 Å². The van der Waals surface area contributed by atoms with Gasteiger partial charge in [-0.3, -0.25) is 0 Å². The topological polar surface area (TPSA) is 20.2 Å². The van der Waals surface area contributed by atoms with Crippen molar-refractivity contribution >= 4 is 47.8 Å². The normalized spacial score (nSPS) is 12.5. The highest BCUT2D eigenvalue weighted by molar-refractivity contribution is 9.11. The third-order valence-electron chi connectivity index (χ3n) is 2.70. The van der Waals surface area contributed by atoms with Gasteiger partial charge < -0.3 is 5.11 Å². The average Bonchev–Trinajstić information content (AvgIpc) is 2.34. The molecule has 2 rings (SSSR count). The van der Waals surface area contributed by atoms with Crippen LogP contribution in [0.15, 0.2) is 49.8 Å². The van der Waals surface area contributed by atoms with Crippen molar-refractivity contribution in [2.24, 2.45) is 0 Å². The fourth-order valence-electron chi connectivity index (χ4n) is 1.76. The summed E-state index contributed by atoms with van der Waals surface area (Å²) in [6.45, 7) is 2.01. The SMILES string of the molecule is Cc1ccc(Br)c(C(O)c2cc(Br)ccc2Br)c1. The van der Waals surface area contributed by atoms with Crippen molar-refractivity contribution in [3.05, 3.63) is 66.5 Å². The van der Waals surface area contributed by atoms with Crippen LogP contribution in [0.25, 0.3) is 0 Å². The van der Waals surface area contributed by atoms with Crippen molar-refractivity contribution in [1.29, 1.82) is 0 Å². The predicted molar refractivity (Wildman–Crippen MR) is 84.8 cm³/mol. The standard InChI is InChI=1S/C14H11Br3O/c1-8-2-4-12(16)10(6-8)14(18)11-7-9(15)3-5-13(11)17/h2-7,14,18H,1H3. The predicted octanol–water partition coefficient (Wildman–Crippen LogP) is 5.36. The van der Waals surface area contributed by atoms with Crippen LogP contribution in [-0.2, 0) is 0 Å². The molecule has 94 valence electrons. The summed E-state index contributed by atoms with van der Waals surface area (Å²) in [5.41, 5.74) is 2.84. The zero-order valence-corrected chi connectivity index (χ0v) is 14.4. The highest BCUT2D eigenvalue weighted by atomic mass is 79.9. The maximum absolute atomic E-state index is 10.5. The van der Waals surface area contributed by atoms with Gasteiger partial charge in [-0.2, -0.15) is 0 Å². The van der Waals surface area contributed by atoms with Crippen LogP contribution in [0.1, 0.15) is 22.8 Å². The molecule has 18 heavy (non-hydrogen) atoms. The highest BCUT2D eigenvalue weighted by Gasteiger charge is 2.16. The van der Waals surface area contributed by atoms with Gasteiger partial charge in [-0.05, 0) is 36.8 Å². The van der Waals surface area contributed by atoms with E-state index in [2.05, 4.69) is 47.8 Å². The Morgan fingerprint density at radius 2 is 1.44 bits per heavy atom. The first-order valence-electron chi connectivity index (χ1n) is 5.38. The first-order valence-corrected chi connectivity index (χ1v) is 7.76. The Morgan fingerprint density at radius 1 is 0.889 bits per heavy atom. The Labute approximate surface area is 132 Å². The molecule has 1 atom stereocenters. The van der Waals surface area contributed by atoms with Crippen LogP contribution in [0.5, 0.6) is 0 Å². The molecule has 2 aromatic carbocycles. The lowest BCUT2D eigenvalue weighted by atomic mass is 10.0. The summed E-state index contributed by atoms with van der Waals surface area (Å²) in [6, 6.07) is 11.7. The molecule has 1 N–H and O–H groups in total. The van der Waals surface area contributed by atoms with Crippen molar-refractivity contribution in [1.82, 2.24) is 0 Å². The number of aryl methyl sites for hydroxylation is 1. The molecule has 0 aliphatic rings. The summed E-state index contributed by atoms with van der Waals surface area (Å²) in [5.74, 6) is 0. The Kier molecular flexibility index (Phi) is 4.64. The van der Waals surface area contributed by atoms with Gasteiger partial charge in [-0.25, -0.2) is 0 Å². The number of benzene rings is 2. The Balaban J connectivity index is 2.50. The molecule has 0 aliphatic carbocycles. The molecule has 0 aromatic heterocycles. The van der Waals surface area contributed by atoms with Gasteiger partial charge in [0.1, 0.15) is 6.10 Å². The van der Waals surface area contributed by atoms with Gasteiger partial charge in [0.2, 0.25) is 0 Å². The van der Waals surface area contributed by atoms with Crippen LogP contribution in [-0.4, -0.2) is 5.11 Å². The first-order chi connectivity index (χ1) is 8.49. The second kappa shape index (κ2) is 5.87. The minimum atomic E-state index is -0.661. The molecule has 1 nitrogen and oxygen atoms in total. The Hall–Kier alpha value is -0.160. The molecule has 0 bridgehead atoms. The molecule has 0 fully saturated rings. The van der Waals surface area contributed by atoms with Gasteiger partial charge in [0.05, 0.1) is 0 Å². The van der Waals surface area contributed by atoms with E-state index in [-0.39, 0.29) is 0 Å². The minimum Gasteiger partial charge on any atom is -0.384 e. The largest absolute Gasteiger partial charge is 0.384 e. The average molecular weight is 435 g/mol. The third-order valence-corrected chi connectivity index (χ3v) is 4.64. The third kappa shape index (κ3) is 3.05. The lowest BCUT2D eigenvalue weighted by Crippen LogP contribution is -2.02. The molecule has 0 radical (unpaired) electrons. The zero-order chi connectivity index (χ0) is 13.3. The van der Waals surface area contributed by atoms with E-state index in [0.717, 1.165) is 30.1 Å². The maximum Gasteiger partial charge on any atom is 0.106 e.